The molecule has 0 spiro atoms. The molecule has 1 saturated heterocycles. The van der Waals surface area contributed by atoms with Gasteiger partial charge in [-0.3, -0.25) is 0 Å². The third kappa shape index (κ3) is 0.616. The smallest absolute Gasteiger partial charge is 0.0281 e. The highest BCUT2D eigenvalue weighted by atomic mass is 32.2. The van der Waals surface area contributed by atoms with E-state index in [1.54, 1.807) is 0 Å². The molecule has 0 aromatic heterocycles. The summed E-state index contributed by atoms with van der Waals surface area (Å²) in [4.78, 5) is 0.917. The highest BCUT2D eigenvalue weighted by Crippen LogP contribution is 2.35. The number of hydrogen-bond acceptors (Lipinski definition) is 1. The van der Waals surface area contributed by atoms with Crippen LogP contribution in [-0.4, -0.2) is 10.7 Å². The monoisotopic (exact) mass is 92.0 g/mol. The Balaban J connectivity index is 2.17. The second-order valence-electron chi connectivity index (χ2n) is 0.872. The van der Waals surface area contributed by atoms with Crippen LogP contribution in [0.4, 0.5) is 0 Å². The molecule has 2 atom stereocenters. The summed E-state index contributed by atoms with van der Waals surface area (Å²) in [7, 11) is 2.73. The Hall–Kier alpha value is 0.780. The van der Waals surface area contributed by atoms with E-state index in [4.69, 9.17) is 0 Å². The van der Waals surface area contributed by atoms with E-state index < -0.39 is 0 Å². The minimum Gasteiger partial charge on any atom is -0.152 e. The van der Waals surface area contributed by atoms with E-state index in [0.717, 1.165) is 4.99 Å². The first-order valence-corrected chi connectivity index (χ1v) is 2.98. The Bertz CT molecular complexity index is 25.2. The zero-order chi connectivity index (χ0) is 2.99. The standard InChI is InChI=1S/C2H5PS/c3-2-1-4-2/h2H,1,3H2. The van der Waals surface area contributed by atoms with Crippen LogP contribution < -0.4 is 0 Å². The molecule has 24 valence electrons. The quantitative estimate of drug-likeness (QED) is 0.316. The van der Waals surface area contributed by atoms with Gasteiger partial charge in [-0.1, -0.05) is 0 Å². The summed E-state index contributed by atoms with van der Waals surface area (Å²) < 4.78 is 0. The average molecular weight is 92.1 g/mol. The van der Waals surface area contributed by atoms with Crippen LogP contribution in [0.25, 0.3) is 0 Å². The fourth-order valence-corrected chi connectivity index (χ4v) is 0.500. The van der Waals surface area contributed by atoms with Crippen molar-refractivity contribution in [1.29, 1.82) is 0 Å². The van der Waals surface area contributed by atoms with Crippen molar-refractivity contribution in [2.45, 2.75) is 4.99 Å². The molecule has 0 saturated carbocycles. The van der Waals surface area contributed by atoms with E-state index in [1.165, 1.54) is 5.75 Å². The maximum absolute atomic E-state index is 2.73. The van der Waals surface area contributed by atoms with Crippen molar-refractivity contribution in [3.8, 4) is 0 Å². The molecule has 1 aliphatic rings. The lowest BCUT2D eigenvalue weighted by Gasteiger charge is -1.51. The molecule has 1 aliphatic heterocycles. The molecule has 0 amide bonds. The van der Waals surface area contributed by atoms with Gasteiger partial charge >= 0.3 is 0 Å². The van der Waals surface area contributed by atoms with E-state index in [2.05, 4.69) is 9.24 Å². The second kappa shape index (κ2) is 0.874. The molecular formula is C2H5PS. The lowest BCUT2D eigenvalue weighted by atomic mass is 11.0. The summed E-state index contributed by atoms with van der Waals surface area (Å²) in [6.45, 7) is 0. The average Bonchev–Trinajstić information content (AvgIpc) is 1.75. The van der Waals surface area contributed by atoms with Crippen LogP contribution in [0.5, 0.6) is 0 Å². The maximum atomic E-state index is 2.73. The van der Waals surface area contributed by atoms with Gasteiger partial charge in [-0.05, 0) is 0 Å². The van der Waals surface area contributed by atoms with Crippen molar-refractivity contribution in [3.63, 3.8) is 0 Å². The van der Waals surface area contributed by atoms with Crippen molar-refractivity contribution in [2.24, 2.45) is 0 Å². The Kier molecular flexibility index (Phi) is 0.653. The molecule has 2 unspecified atom stereocenters. The molecule has 1 heterocycles. The van der Waals surface area contributed by atoms with Gasteiger partial charge in [-0.15, -0.1) is 9.24 Å². The van der Waals surface area contributed by atoms with Crippen LogP contribution >= 0.6 is 21.0 Å². The van der Waals surface area contributed by atoms with Crippen molar-refractivity contribution in [2.75, 3.05) is 5.75 Å². The van der Waals surface area contributed by atoms with Gasteiger partial charge in [0.1, 0.15) is 0 Å². The van der Waals surface area contributed by atoms with E-state index in [0.29, 0.717) is 0 Å². The van der Waals surface area contributed by atoms with Crippen molar-refractivity contribution >= 4 is 21.0 Å². The molecule has 0 bridgehead atoms. The van der Waals surface area contributed by atoms with E-state index >= 15 is 0 Å². The van der Waals surface area contributed by atoms with Crippen LogP contribution in [0.2, 0.25) is 0 Å². The van der Waals surface area contributed by atoms with E-state index in [9.17, 15) is 0 Å². The van der Waals surface area contributed by atoms with E-state index in [1.807, 2.05) is 11.8 Å². The molecule has 4 heavy (non-hydrogen) atoms. The van der Waals surface area contributed by atoms with Crippen LogP contribution in [0.1, 0.15) is 0 Å². The molecule has 1 rings (SSSR count). The van der Waals surface area contributed by atoms with Gasteiger partial charge in [0.2, 0.25) is 0 Å². The molecule has 0 aliphatic carbocycles. The molecule has 0 radical (unpaired) electrons. The summed E-state index contributed by atoms with van der Waals surface area (Å²) in [5.41, 5.74) is 0. The lowest BCUT2D eigenvalue weighted by Crippen LogP contribution is -1.46. The summed E-state index contributed by atoms with van der Waals surface area (Å²) in [5, 5.41) is 0. The Morgan fingerprint density at radius 2 is 2.25 bits per heavy atom. The summed E-state index contributed by atoms with van der Waals surface area (Å²) in [6.07, 6.45) is 0. The SMILES string of the molecule is PC1CS1. The largest absolute Gasteiger partial charge is 0.152 e. The van der Waals surface area contributed by atoms with Crippen LogP contribution in [-0.2, 0) is 0 Å². The highest BCUT2D eigenvalue weighted by Gasteiger charge is 2.13. The Morgan fingerprint density at radius 1 is 2.00 bits per heavy atom. The van der Waals surface area contributed by atoms with Crippen LogP contribution in [0.3, 0.4) is 0 Å². The van der Waals surface area contributed by atoms with Gasteiger partial charge in [-0.2, -0.15) is 11.8 Å². The van der Waals surface area contributed by atoms with Crippen LogP contribution in [0, 0.1) is 0 Å². The normalized spacial score (nSPS) is 39.8. The third-order valence-corrected chi connectivity index (χ3v) is 2.23. The maximum Gasteiger partial charge on any atom is 0.0281 e. The molecule has 1 fully saturated rings. The van der Waals surface area contributed by atoms with E-state index in [-0.39, 0.29) is 0 Å². The fraction of sp³-hybridized carbons (Fsp3) is 1.00. The minimum absolute atomic E-state index is 0.917. The van der Waals surface area contributed by atoms with Gasteiger partial charge in [0.05, 0.1) is 0 Å². The predicted molar refractivity (Wildman–Crippen MR) is 26.0 cm³/mol. The first kappa shape index (κ1) is 2.99. The highest BCUT2D eigenvalue weighted by molar-refractivity contribution is 8.10. The second-order valence-corrected chi connectivity index (χ2v) is 3.43. The molecule has 0 aromatic rings. The van der Waals surface area contributed by atoms with Gasteiger partial charge in [-0.25, -0.2) is 0 Å². The predicted octanol–water partition coefficient (Wildman–Crippen LogP) is 0.934. The molecule has 2 heteroatoms. The zero-order valence-corrected chi connectivity index (χ0v) is 4.24. The van der Waals surface area contributed by atoms with Gasteiger partial charge < -0.3 is 0 Å². The molecule has 0 aromatic carbocycles. The van der Waals surface area contributed by atoms with Crippen molar-refractivity contribution < 1.29 is 0 Å². The van der Waals surface area contributed by atoms with Crippen molar-refractivity contribution in [3.05, 3.63) is 0 Å². The number of thioether (sulfide) groups is 1. The van der Waals surface area contributed by atoms with Gasteiger partial charge in [0.25, 0.3) is 0 Å². The van der Waals surface area contributed by atoms with Crippen LogP contribution in [0.15, 0.2) is 0 Å². The van der Waals surface area contributed by atoms with Gasteiger partial charge in [0, 0.05) is 10.7 Å². The summed E-state index contributed by atoms with van der Waals surface area (Å²) in [5.74, 6) is 1.37. The summed E-state index contributed by atoms with van der Waals surface area (Å²) >= 11 is 1.99. The topological polar surface area (TPSA) is 0 Å². The van der Waals surface area contributed by atoms with Gasteiger partial charge in [0.15, 0.2) is 0 Å². The lowest BCUT2D eigenvalue weighted by molar-refractivity contribution is 1.64. The molecule has 0 N–H and O–H groups in total. The Labute approximate surface area is 32.6 Å². The zero-order valence-electron chi connectivity index (χ0n) is 2.27. The van der Waals surface area contributed by atoms with Crippen molar-refractivity contribution in [1.82, 2.24) is 0 Å². The third-order valence-electron chi connectivity index (χ3n) is 0.359. The number of hydrogen-bond donors (Lipinski definition) is 0. The molecule has 0 nitrogen and oxygen atoms in total. The minimum atomic E-state index is 0.917. The molecular weight excluding hydrogens is 87.1 g/mol. The Morgan fingerprint density at radius 3 is 2.25 bits per heavy atom. The summed E-state index contributed by atoms with van der Waals surface area (Å²) in [6, 6.07) is 0. The first-order valence-electron chi connectivity index (χ1n) is 1.27. The number of rotatable bonds is 0. The fourth-order valence-electron chi connectivity index (χ4n) is 0.0556. The first-order chi connectivity index (χ1) is 1.89.